The fourth-order valence-corrected chi connectivity index (χ4v) is 6.21. The zero-order valence-electron chi connectivity index (χ0n) is 19.9. The summed E-state index contributed by atoms with van der Waals surface area (Å²) in [6, 6.07) is 1.82. The number of nitrogens with one attached hydrogen (secondary N) is 2. The largest absolute Gasteiger partial charge is 0.317 e. The Kier molecular flexibility index (Phi) is 6.41. The van der Waals surface area contributed by atoms with Gasteiger partial charge in [0.15, 0.2) is 5.82 Å². The molecule has 3 saturated heterocycles. The molecule has 3 fully saturated rings. The third-order valence-corrected chi connectivity index (χ3v) is 8.23. The number of hydrogen-bond donors (Lipinski definition) is 2. The number of rotatable bonds is 4. The number of carbonyl (C=O) groups excluding carboxylic acids is 2. The monoisotopic (exact) mass is 473 g/mol. The van der Waals surface area contributed by atoms with Crippen LogP contribution in [0.4, 0.5) is 8.78 Å². The van der Waals surface area contributed by atoms with Crippen LogP contribution in [0.3, 0.4) is 0 Å². The average molecular weight is 474 g/mol. The lowest BCUT2D eigenvalue weighted by molar-refractivity contribution is -0.134. The fourth-order valence-electron chi connectivity index (χ4n) is 6.21. The van der Waals surface area contributed by atoms with Crippen LogP contribution in [0.15, 0.2) is 6.07 Å². The number of likely N-dealkylation sites (tertiary alicyclic amines) is 1. The smallest absolute Gasteiger partial charge is 0.235 e. The highest BCUT2D eigenvalue weighted by Gasteiger charge is 2.35. The van der Waals surface area contributed by atoms with Crippen LogP contribution in [0.2, 0.25) is 0 Å². The van der Waals surface area contributed by atoms with Crippen molar-refractivity contribution in [1.29, 1.82) is 0 Å². The van der Waals surface area contributed by atoms with E-state index in [9.17, 15) is 9.59 Å². The number of aryl methyl sites for hydroxylation is 1. The lowest BCUT2D eigenvalue weighted by atomic mass is 9.84. The maximum Gasteiger partial charge on any atom is 0.235 e. The van der Waals surface area contributed by atoms with Gasteiger partial charge in [-0.2, -0.15) is 5.10 Å². The van der Waals surface area contributed by atoms with Gasteiger partial charge in [-0.1, -0.05) is 0 Å². The molecule has 1 unspecified atom stereocenters. The van der Waals surface area contributed by atoms with E-state index in [0.29, 0.717) is 35.9 Å². The summed E-state index contributed by atoms with van der Waals surface area (Å²) in [5.74, 6) is -2.15. The van der Waals surface area contributed by atoms with Crippen molar-refractivity contribution in [3.63, 3.8) is 0 Å². The molecule has 2 N–H and O–H groups in total. The predicted molar refractivity (Wildman–Crippen MR) is 124 cm³/mol. The van der Waals surface area contributed by atoms with E-state index in [4.69, 9.17) is 0 Å². The molecule has 0 saturated carbocycles. The lowest BCUT2D eigenvalue weighted by Gasteiger charge is -2.41. The second-order valence-corrected chi connectivity index (χ2v) is 10.1. The molecule has 184 valence electrons. The Bertz CT molecular complexity index is 1100. The Morgan fingerprint density at radius 1 is 1.09 bits per heavy atom. The van der Waals surface area contributed by atoms with Crippen molar-refractivity contribution in [2.45, 2.75) is 63.3 Å². The van der Waals surface area contributed by atoms with Gasteiger partial charge in [-0.15, -0.1) is 0 Å². The average Bonchev–Trinajstić information content (AvgIpc) is 3.15. The van der Waals surface area contributed by atoms with Gasteiger partial charge in [-0.25, -0.2) is 8.78 Å². The van der Waals surface area contributed by atoms with Gasteiger partial charge >= 0.3 is 0 Å². The van der Waals surface area contributed by atoms with Gasteiger partial charge < -0.3 is 10.2 Å². The van der Waals surface area contributed by atoms with Crippen molar-refractivity contribution in [3.8, 4) is 0 Å². The van der Waals surface area contributed by atoms with E-state index in [1.165, 1.54) is 23.6 Å². The normalized spacial score (nSPS) is 24.5. The summed E-state index contributed by atoms with van der Waals surface area (Å²) < 4.78 is 32.6. The number of nitrogens with zero attached hydrogens (tertiary/aromatic N) is 3. The van der Waals surface area contributed by atoms with Gasteiger partial charge in [0.25, 0.3) is 0 Å². The molecule has 0 spiro atoms. The van der Waals surface area contributed by atoms with Crippen LogP contribution >= 0.6 is 0 Å². The Labute approximate surface area is 198 Å². The summed E-state index contributed by atoms with van der Waals surface area (Å²) in [4.78, 5) is 26.4. The van der Waals surface area contributed by atoms with E-state index in [0.717, 1.165) is 26.2 Å². The van der Waals surface area contributed by atoms with Crippen molar-refractivity contribution in [2.75, 3.05) is 26.2 Å². The summed E-state index contributed by atoms with van der Waals surface area (Å²) >= 11 is 0. The van der Waals surface area contributed by atoms with Crippen LogP contribution in [0.1, 0.15) is 68.5 Å². The van der Waals surface area contributed by atoms with Crippen molar-refractivity contribution in [2.24, 2.45) is 13.0 Å². The maximum absolute atomic E-state index is 15.8. The minimum absolute atomic E-state index is 0.138. The molecule has 1 aromatic carbocycles. The molecule has 0 aliphatic carbocycles. The minimum Gasteiger partial charge on any atom is -0.317 e. The molecule has 4 heterocycles. The van der Waals surface area contributed by atoms with Gasteiger partial charge in [-0.3, -0.25) is 19.6 Å². The number of amides is 2. The summed E-state index contributed by atoms with van der Waals surface area (Å²) in [6.07, 6.45) is 4.26. The number of halogens is 2. The van der Waals surface area contributed by atoms with Crippen molar-refractivity contribution in [3.05, 3.63) is 29.0 Å². The van der Waals surface area contributed by atoms with Gasteiger partial charge in [-0.05, 0) is 83.1 Å². The van der Waals surface area contributed by atoms with Crippen LogP contribution in [-0.2, 0) is 16.6 Å². The summed E-state index contributed by atoms with van der Waals surface area (Å²) in [7, 11) is 1.62. The lowest BCUT2D eigenvalue weighted by Crippen LogP contribution is -2.46. The SMILES string of the molecule is C[C@H](C1CCNCC1)N1CCC(c2c(F)cc3c(C4CCC(=O)NC4=O)nn(C)c3c2F)CC1. The molecule has 9 heteroatoms. The zero-order chi connectivity index (χ0) is 24.0. The third kappa shape index (κ3) is 4.13. The van der Waals surface area contributed by atoms with E-state index in [1.807, 2.05) is 0 Å². The van der Waals surface area contributed by atoms with Crippen LogP contribution < -0.4 is 10.6 Å². The predicted octanol–water partition coefficient (Wildman–Crippen LogP) is 2.94. The van der Waals surface area contributed by atoms with Crippen LogP contribution in [0, 0.1) is 17.6 Å². The first kappa shape index (κ1) is 23.4. The Morgan fingerprint density at radius 3 is 2.47 bits per heavy atom. The van der Waals surface area contributed by atoms with Gasteiger partial charge in [0.05, 0.1) is 11.6 Å². The molecule has 5 rings (SSSR count). The highest BCUT2D eigenvalue weighted by Crippen LogP contribution is 2.39. The quantitative estimate of drug-likeness (QED) is 0.668. The molecule has 2 amide bonds. The molecule has 34 heavy (non-hydrogen) atoms. The van der Waals surface area contributed by atoms with Crippen molar-refractivity contribution >= 4 is 22.7 Å². The first-order valence-electron chi connectivity index (χ1n) is 12.5. The van der Waals surface area contributed by atoms with Crippen molar-refractivity contribution < 1.29 is 18.4 Å². The summed E-state index contributed by atoms with van der Waals surface area (Å²) in [6.45, 7) is 6.08. The zero-order valence-corrected chi connectivity index (χ0v) is 19.9. The molecule has 0 bridgehead atoms. The number of hydrogen-bond acceptors (Lipinski definition) is 5. The second kappa shape index (κ2) is 9.34. The number of benzene rings is 1. The topological polar surface area (TPSA) is 79.3 Å². The number of fused-ring (bicyclic) bond motifs is 1. The van der Waals surface area contributed by atoms with E-state index in [1.54, 1.807) is 7.05 Å². The number of piperidine rings is 3. The molecule has 1 aromatic heterocycles. The number of aromatic nitrogens is 2. The van der Waals surface area contributed by atoms with Crippen LogP contribution in [-0.4, -0.2) is 58.7 Å². The fraction of sp³-hybridized carbons (Fsp3) is 0.640. The van der Waals surface area contributed by atoms with E-state index < -0.39 is 23.5 Å². The number of carbonyl (C=O) groups is 2. The standard InChI is InChI=1S/C25H33F2N5O2/c1-14(15-5-9-28-10-6-15)32-11-7-16(8-12-32)21-19(26)13-18-23(30-31(2)24(18)22(21)27)17-3-4-20(33)29-25(17)34/h13-17,28H,3-12H2,1-2H3,(H,29,33,34)/t14-,17?/m1/s1. The maximum atomic E-state index is 15.8. The second-order valence-electron chi connectivity index (χ2n) is 10.1. The summed E-state index contributed by atoms with van der Waals surface area (Å²) in [5, 5.41) is 10.4. The molecule has 2 atom stereocenters. The van der Waals surface area contributed by atoms with E-state index in [-0.39, 0.29) is 35.7 Å². The minimum atomic E-state index is -0.689. The molecule has 0 radical (unpaired) electrons. The molecule has 7 nitrogen and oxygen atoms in total. The Morgan fingerprint density at radius 2 is 1.79 bits per heavy atom. The number of imide groups is 1. The molecule has 3 aliphatic heterocycles. The highest BCUT2D eigenvalue weighted by atomic mass is 19.1. The first-order chi connectivity index (χ1) is 16.3. The molecular weight excluding hydrogens is 440 g/mol. The Balaban J connectivity index is 1.38. The molecule has 3 aliphatic rings. The van der Waals surface area contributed by atoms with Gasteiger partial charge in [0.1, 0.15) is 11.3 Å². The third-order valence-electron chi connectivity index (χ3n) is 8.23. The van der Waals surface area contributed by atoms with Crippen LogP contribution in [0.25, 0.3) is 10.9 Å². The molecular formula is C25H33F2N5O2. The van der Waals surface area contributed by atoms with Crippen molar-refractivity contribution in [1.82, 2.24) is 25.3 Å². The van der Waals surface area contributed by atoms with Crippen LogP contribution in [0.5, 0.6) is 0 Å². The Hall–Kier alpha value is -2.39. The highest BCUT2D eigenvalue weighted by molar-refractivity contribution is 6.02. The summed E-state index contributed by atoms with van der Waals surface area (Å²) in [5.41, 5.74) is 0.693. The van der Waals surface area contributed by atoms with E-state index >= 15 is 8.78 Å². The van der Waals surface area contributed by atoms with Gasteiger partial charge in [0, 0.05) is 30.5 Å². The van der Waals surface area contributed by atoms with E-state index in [2.05, 4.69) is 27.6 Å². The first-order valence-corrected chi connectivity index (χ1v) is 12.5. The molecule has 2 aromatic rings. The van der Waals surface area contributed by atoms with Gasteiger partial charge in [0.2, 0.25) is 11.8 Å².